The summed E-state index contributed by atoms with van der Waals surface area (Å²) in [6.45, 7) is 0. The Morgan fingerprint density at radius 2 is 1.64 bits per heavy atom. The summed E-state index contributed by atoms with van der Waals surface area (Å²) in [5, 5.41) is 2.96. The molecule has 0 aliphatic carbocycles. The third-order valence-electron chi connectivity index (χ3n) is 4.57. The number of nitrogens with one attached hydrogen (secondary N) is 2. The number of amides is 1. The van der Waals surface area contributed by atoms with Crippen LogP contribution >= 0.6 is 27.3 Å². The van der Waals surface area contributed by atoms with Gasteiger partial charge in [0.1, 0.15) is 4.90 Å². The molecule has 0 bridgehead atoms. The summed E-state index contributed by atoms with van der Waals surface area (Å²) in [6.07, 6.45) is -4.47. The number of rotatable bonds is 5. The number of benzene rings is 3. The number of hydrogen-bond acceptors (Lipinski definition) is 4. The van der Waals surface area contributed by atoms with Gasteiger partial charge in [-0.2, -0.15) is 13.2 Å². The van der Waals surface area contributed by atoms with E-state index in [9.17, 15) is 26.4 Å². The van der Waals surface area contributed by atoms with E-state index in [1.165, 1.54) is 30.3 Å². The van der Waals surface area contributed by atoms with Crippen LogP contribution in [0.15, 0.2) is 82.2 Å². The van der Waals surface area contributed by atoms with Gasteiger partial charge in [-0.25, -0.2) is 8.42 Å². The maximum atomic E-state index is 12.9. The number of alkyl halides is 3. The molecule has 0 fully saturated rings. The van der Waals surface area contributed by atoms with Crippen LogP contribution in [0.4, 0.5) is 24.5 Å². The van der Waals surface area contributed by atoms with E-state index in [0.717, 1.165) is 23.5 Å². The van der Waals surface area contributed by atoms with Crippen molar-refractivity contribution in [3.05, 3.63) is 87.7 Å². The zero-order valence-electron chi connectivity index (χ0n) is 16.5. The van der Waals surface area contributed by atoms with Crippen LogP contribution in [0.25, 0.3) is 10.1 Å². The predicted octanol–water partition coefficient (Wildman–Crippen LogP) is 6.74. The number of halogens is 4. The third-order valence-corrected chi connectivity index (χ3v) is 8.07. The molecule has 1 amide bonds. The van der Waals surface area contributed by atoms with E-state index in [4.69, 9.17) is 0 Å². The monoisotopic (exact) mass is 554 g/mol. The van der Waals surface area contributed by atoms with E-state index in [-0.39, 0.29) is 15.5 Å². The largest absolute Gasteiger partial charge is 0.416 e. The highest BCUT2D eigenvalue weighted by molar-refractivity contribution is 9.10. The summed E-state index contributed by atoms with van der Waals surface area (Å²) in [4.78, 5) is 12.9. The van der Waals surface area contributed by atoms with Crippen LogP contribution in [0.5, 0.6) is 0 Å². The Hall–Kier alpha value is -2.89. The minimum Gasteiger partial charge on any atom is -0.321 e. The Balaban J connectivity index is 1.54. The maximum Gasteiger partial charge on any atom is 0.416 e. The number of anilines is 2. The van der Waals surface area contributed by atoms with Crippen molar-refractivity contribution in [2.24, 2.45) is 0 Å². The summed E-state index contributed by atoms with van der Waals surface area (Å²) < 4.78 is 67.5. The first-order valence-electron chi connectivity index (χ1n) is 9.32. The van der Waals surface area contributed by atoms with Crippen molar-refractivity contribution in [3.8, 4) is 0 Å². The van der Waals surface area contributed by atoms with Crippen LogP contribution in [-0.4, -0.2) is 14.3 Å². The molecule has 3 aromatic carbocycles. The first kappa shape index (κ1) is 23.3. The van der Waals surface area contributed by atoms with Crippen LogP contribution < -0.4 is 10.0 Å². The van der Waals surface area contributed by atoms with Gasteiger partial charge in [-0.3, -0.25) is 9.52 Å². The molecule has 0 saturated carbocycles. The fourth-order valence-electron chi connectivity index (χ4n) is 3.06. The van der Waals surface area contributed by atoms with Crippen molar-refractivity contribution < 1.29 is 26.4 Å². The van der Waals surface area contributed by atoms with Gasteiger partial charge in [-0.1, -0.05) is 18.2 Å². The second-order valence-electron chi connectivity index (χ2n) is 6.93. The topological polar surface area (TPSA) is 75.3 Å². The van der Waals surface area contributed by atoms with E-state index in [0.29, 0.717) is 20.2 Å². The lowest BCUT2D eigenvalue weighted by Gasteiger charge is -2.11. The minimum absolute atomic E-state index is 0.0583. The summed E-state index contributed by atoms with van der Waals surface area (Å²) in [7, 11) is -3.87. The molecule has 0 radical (unpaired) electrons. The molecule has 4 aromatic rings. The van der Waals surface area contributed by atoms with E-state index in [2.05, 4.69) is 26.0 Å². The number of fused-ring (bicyclic) bond motifs is 1. The molecule has 4 rings (SSSR count). The van der Waals surface area contributed by atoms with Gasteiger partial charge in [0.25, 0.3) is 15.9 Å². The highest BCUT2D eigenvalue weighted by Crippen LogP contribution is 2.34. The van der Waals surface area contributed by atoms with Gasteiger partial charge in [-0.15, -0.1) is 11.3 Å². The second-order valence-corrected chi connectivity index (χ2v) is 10.5. The van der Waals surface area contributed by atoms with Gasteiger partial charge in [0.15, 0.2) is 0 Å². The Bertz CT molecular complexity index is 1470. The SMILES string of the molecule is O=C(Nc1cccc(NS(=O)(=O)c2ccccc2Br)c1)c1cc2cc(C(F)(F)F)ccc2s1. The average Bonchev–Trinajstić information content (AvgIpc) is 3.17. The summed E-state index contributed by atoms with van der Waals surface area (Å²) in [5.74, 6) is -0.518. The molecule has 33 heavy (non-hydrogen) atoms. The summed E-state index contributed by atoms with van der Waals surface area (Å²) in [6, 6.07) is 17.1. The molecule has 0 unspecified atom stereocenters. The normalized spacial score (nSPS) is 12.0. The Morgan fingerprint density at radius 3 is 2.36 bits per heavy atom. The smallest absolute Gasteiger partial charge is 0.321 e. The summed E-state index contributed by atoms with van der Waals surface area (Å²) >= 11 is 4.27. The zero-order chi connectivity index (χ0) is 23.8. The Morgan fingerprint density at radius 1 is 0.909 bits per heavy atom. The number of sulfonamides is 1. The van der Waals surface area contributed by atoms with Gasteiger partial charge < -0.3 is 5.32 Å². The van der Waals surface area contributed by atoms with Gasteiger partial charge >= 0.3 is 6.18 Å². The van der Waals surface area contributed by atoms with Gasteiger partial charge in [0.2, 0.25) is 0 Å². The molecule has 2 N–H and O–H groups in total. The van der Waals surface area contributed by atoms with Crippen LogP contribution in [0.2, 0.25) is 0 Å². The highest BCUT2D eigenvalue weighted by Gasteiger charge is 2.30. The third kappa shape index (κ3) is 5.21. The molecule has 0 spiro atoms. The van der Waals surface area contributed by atoms with Gasteiger partial charge in [0.05, 0.1) is 16.1 Å². The zero-order valence-corrected chi connectivity index (χ0v) is 19.7. The van der Waals surface area contributed by atoms with E-state index in [1.807, 2.05) is 0 Å². The molecule has 0 saturated heterocycles. The van der Waals surface area contributed by atoms with Crippen molar-refractivity contribution in [2.45, 2.75) is 11.1 Å². The molecule has 0 aliphatic heterocycles. The molecule has 170 valence electrons. The lowest BCUT2D eigenvalue weighted by molar-refractivity contribution is -0.137. The number of carbonyl (C=O) groups excluding carboxylic acids is 1. The molecule has 11 heteroatoms. The fourth-order valence-corrected chi connectivity index (χ4v) is 6.05. The molecule has 5 nitrogen and oxygen atoms in total. The lowest BCUT2D eigenvalue weighted by Crippen LogP contribution is -2.14. The van der Waals surface area contributed by atoms with Gasteiger partial charge in [0, 0.05) is 14.9 Å². The Kier molecular flexibility index (Phi) is 6.21. The number of carbonyl (C=O) groups is 1. The number of thiophene rings is 1. The van der Waals surface area contributed by atoms with Crippen LogP contribution in [0, 0.1) is 0 Å². The van der Waals surface area contributed by atoms with Crippen LogP contribution in [-0.2, 0) is 16.2 Å². The van der Waals surface area contributed by atoms with Gasteiger partial charge in [-0.05, 0) is 75.9 Å². The highest BCUT2D eigenvalue weighted by atomic mass is 79.9. The predicted molar refractivity (Wildman–Crippen MR) is 126 cm³/mol. The molecular weight excluding hydrogens is 541 g/mol. The van der Waals surface area contributed by atoms with E-state index < -0.39 is 27.7 Å². The van der Waals surface area contributed by atoms with Crippen molar-refractivity contribution in [1.82, 2.24) is 0 Å². The van der Waals surface area contributed by atoms with Crippen molar-refractivity contribution in [3.63, 3.8) is 0 Å². The van der Waals surface area contributed by atoms with Crippen molar-refractivity contribution >= 4 is 64.7 Å². The van der Waals surface area contributed by atoms with Crippen molar-refractivity contribution in [1.29, 1.82) is 0 Å². The fraction of sp³-hybridized carbons (Fsp3) is 0.0455. The Labute approximate surface area is 199 Å². The molecule has 0 atom stereocenters. The molecule has 0 aliphatic rings. The first-order chi connectivity index (χ1) is 15.5. The quantitative estimate of drug-likeness (QED) is 0.287. The van der Waals surface area contributed by atoms with E-state index in [1.54, 1.807) is 30.3 Å². The molecular formula is C22H14BrF3N2O3S2. The standard InChI is InChI=1S/C22H14BrF3N2O3S2/c23-17-6-1-2-7-20(17)33(30,31)28-16-5-3-4-15(12-16)27-21(29)19-11-13-10-14(22(24,25)26)8-9-18(13)32-19/h1-12,28H,(H,27,29). The van der Waals surface area contributed by atoms with Crippen LogP contribution in [0.3, 0.4) is 0 Å². The lowest BCUT2D eigenvalue weighted by atomic mass is 10.1. The molecule has 1 aromatic heterocycles. The number of hydrogen-bond donors (Lipinski definition) is 2. The van der Waals surface area contributed by atoms with Crippen LogP contribution in [0.1, 0.15) is 15.2 Å². The average molecular weight is 555 g/mol. The second kappa shape index (κ2) is 8.81. The molecule has 1 heterocycles. The minimum atomic E-state index is -4.47. The maximum absolute atomic E-state index is 12.9. The first-order valence-corrected chi connectivity index (χ1v) is 12.4. The van der Waals surface area contributed by atoms with E-state index >= 15 is 0 Å². The summed E-state index contributed by atoms with van der Waals surface area (Å²) in [5.41, 5.74) is -0.236. The van der Waals surface area contributed by atoms with Crippen molar-refractivity contribution in [2.75, 3.05) is 10.0 Å².